The number of hydrogen-bond acceptors (Lipinski definition) is 3. The van der Waals surface area contributed by atoms with Gasteiger partial charge in [0.2, 0.25) is 0 Å². The van der Waals surface area contributed by atoms with E-state index < -0.39 is 0 Å². The van der Waals surface area contributed by atoms with Crippen LogP contribution in [0.3, 0.4) is 0 Å². The molecule has 3 aromatic rings. The minimum Gasteiger partial charge on any atom is -0.370 e. The number of hydrogen-bond donors (Lipinski definition) is 1. The Hall–Kier alpha value is -1.91. The number of benzene rings is 2. The number of nitrogens with two attached hydrogens (primary N) is 1. The molecule has 0 aliphatic carbocycles. The second kappa shape index (κ2) is 5.84. The van der Waals surface area contributed by atoms with Crippen LogP contribution in [-0.2, 0) is 13.1 Å². The standard InChI is InChI=1S/C17H17FN2S/c1-20(13-6-4-5-12(18)9-13)11-15-14-7-2-3-8-16(14)21-17(15)10-19/h2-9H,10-11,19H2,1H3. The van der Waals surface area contributed by atoms with E-state index in [1.165, 1.54) is 26.6 Å². The Morgan fingerprint density at radius 3 is 2.71 bits per heavy atom. The van der Waals surface area contributed by atoms with Crippen molar-refractivity contribution in [3.63, 3.8) is 0 Å². The molecule has 0 bridgehead atoms. The summed E-state index contributed by atoms with van der Waals surface area (Å²) in [4.78, 5) is 3.25. The fraction of sp³-hybridized carbons (Fsp3) is 0.176. The van der Waals surface area contributed by atoms with Gasteiger partial charge in [0, 0.05) is 35.4 Å². The lowest BCUT2D eigenvalue weighted by molar-refractivity contribution is 0.627. The van der Waals surface area contributed by atoms with E-state index in [0.29, 0.717) is 6.54 Å². The molecule has 0 fully saturated rings. The maximum absolute atomic E-state index is 13.4. The summed E-state index contributed by atoms with van der Waals surface area (Å²) >= 11 is 1.74. The first-order chi connectivity index (χ1) is 10.2. The van der Waals surface area contributed by atoms with Crippen LogP contribution in [0.15, 0.2) is 48.5 Å². The van der Waals surface area contributed by atoms with Crippen molar-refractivity contribution in [1.82, 2.24) is 0 Å². The molecule has 0 aliphatic heterocycles. The van der Waals surface area contributed by atoms with Crippen LogP contribution in [0.2, 0.25) is 0 Å². The summed E-state index contributed by atoms with van der Waals surface area (Å²) in [6.07, 6.45) is 0. The number of nitrogens with zero attached hydrogens (tertiary/aromatic N) is 1. The quantitative estimate of drug-likeness (QED) is 0.785. The van der Waals surface area contributed by atoms with E-state index in [1.807, 2.05) is 25.2 Å². The van der Waals surface area contributed by atoms with Crippen LogP contribution >= 0.6 is 11.3 Å². The zero-order valence-electron chi connectivity index (χ0n) is 11.8. The summed E-state index contributed by atoms with van der Waals surface area (Å²) in [6, 6.07) is 15.0. The average molecular weight is 300 g/mol. The highest BCUT2D eigenvalue weighted by Gasteiger charge is 2.13. The van der Waals surface area contributed by atoms with Crippen LogP contribution < -0.4 is 10.6 Å². The van der Waals surface area contributed by atoms with Gasteiger partial charge in [0.05, 0.1) is 0 Å². The third-order valence-electron chi connectivity index (χ3n) is 3.61. The van der Waals surface area contributed by atoms with Crippen molar-refractivity contribution in [3.05, 3.63) is 64.8 Å². The fourth-order valence-corrected chi connectivity index (χ4v) is 3.62. The third-order valence-corrected chi connectivity index (χ3v) is 4.85. The normalized spacial score (nSPS) is 11.0. The molecule has 0 radical (unpaired) electrons. The summed E-state index contributed by atoms with van der Waals surface area (Å²) in [5.41, 5.74) is 7.99. The van der Waals surface area contributed by atoms with Crippen LogP contribution in [0.1, 0.15) is 10.4 Å². The molecule has 0 amide bonds. The van der Waals surface area contributed by atoms with Gasteiger partial charge >= 0.3 is 0 Å². The molecule has 1 aromatic heterocycles. The van der Waals surface area contributed by atoms with Gasteiger partial charge in [0.15, 0.2) is 0 Å². The molecule has 0 spiro atoms. The molecule has 2 N–H and O–H groups in total. The molecule has 0 saturated carbocycles. The van der Waals surface area contributed by atoms with E-state index in [1.54, 1.807) is 23.5 Å². The summed E-state index contributed by atoms with van der Waals surface area (Å²) in [7, 11) is 1.97. The van der Waals surface area contributed by atoms with Crippen molar-refractivity contribution >= 4 is 27.1 Å². The highest BCUT2D eigenvalue weighted by molar-refractivity contribution is 7.19. The Bertz CT molecular complexity index is 766. The lowest BCUT2D eigenvalue weighted by Gasteiger charge is -2.20. The fourth-order valence-electron chi connectivity index (χ4n) is 2.53. The van der Waals surface area contributed by atoms with Crippen LogP contribution in [0, 0.1) is 5.82 Å². The minimum atomic E-state index is -0.214. The van der Waals surface area contributed by atoms with E-state index in [4.69, 9.17) is 5.73 Å². The van der Waals surface area contributed by atoms with E-state index in [2.05, 4.69) is 17.0 Å². The van der Waals surface area contributed by atoms with Crippen molar-refractivity contribution < 1.29 is 4.39 Å². The molecule has 1 heterocycles. The van der Waals surface area contributed by atoms with E-state index in [-0.39, 0.29) is 5.82 Å². The van der Waals surface area contributed by atoms with Crippen molar-refractivity contribution in [1.29, 1.82) is 0 Å². The Morgan fingerprint density at radius 2 is 1.95 bits per heavy atom. The molecule has 4 heteroatoms. The molecule has 0 aliphatic rings. The van der Waals surface area contributed by atoms with Gasteiger partial charge in [-0.25, -0.2) is 4.39 Å². The molecule has 2 nitrogen and oxygen atoms in total. The van der Waals surface area contributed by atoms with Crippen LogP contribution in [-0.4, -0.2) is 7.05 Å². The maximum Gasteiger partial charge on any atom is 0.125 e. The Kier molecular flexibility index (Phi) is 3.90. The summed E-state index contributed by atoms with van der Waals surface area (Å²) in [5.74, 6) is -0.214. The summed E-state index contributed by atoms with van der Waals surface area (Å²) in [6.45, 7) is 1.26. The third kappa shape index (κ3) is 2.77. The van der Waals surface area contributed by atoms with Gasteiger partial charge in [-0.2, -0.15) is 0 Å². The van der Waals surface area contributed by atoms with E-state index in [9.17, 15) is 4.39 Å². The monoisotopic (exact) mass is 300 g/mol. The topological polar surface area (TPSA) is 29.3 Å². The predicted octanol–water partition coefficient (Wildman–Crippen LogP) is 4.14. The number of fused-ring (bicyclic) bond motifs is 1. The lowest BCUT2D eigenvalue weighted by atomic mass is 10.1. The molecule has 0 atom stereocenters. The average Bonchev–Trinajstić information content (AvgIpc) is 2.85. The van der Waals surface area contributed by atoms with E-state index in [0.717, 1.165) is 12.2 Å². The number of thiophene rings is 1. The smallest absolute Gasteiger partial charge is 0.125 e. The van der Waals surface area contributed by atoms with Crippen LogP contribution in [0.25, 0.3) is 10.1 Å². The Labute approximate surface area is 127 Å². The highest BCUT2D eigenvalue weighted by atomic mass is 32.1. The van der Waals surface area contributed by atoms with Crippen molar-refractivity contribution in [3.8, 4) is 0 Å². The van der Waals surface area contributed by atoms with Crippen molar-refractivity contribution in [2.24, 2.45) is 5.73 Å². The van der Waals surface area contributed by atoms with Crippen molar-refractivity contribution in [2.45, 2.75) is 13.1 Å². The minimum absolute atomic E-state index is 0.214. The SMILES string of the molecule is CN(Cc1c(CN)sc2ccccc12)c1cccc(F)c1. The molecular formula is C17H17FN2S. The summed E-state index contributed by atoms with van der Waals surface area (Å²) < 4.78 is 14.6. The second-order valence-electron chi connectivity index (χ2n) is 5.04. The lowest BCUT2D eigenvalue weighted by Crippen LogP contribution is -2.17. The zero-order chi connectivity index (χ0) is 14.8. The predicted molar refractivity (Wildman–Crippen MR) is 88.2 cm³/mol. The first kappa shape index (κ1) is 14.0. The maximum atomic E-state index is 13.4. The molecule has 2 aromatic carbocycles. The number of rotatable bonds is 4. The molecular weight excluding hydrogens is 283 g/mol. The van der Waals surface area contributed by atoms with Gasteiger partial charge in [-0.1, -0.05) is 24.3 Å². The van der Waals surface area contributed by atoms with Gasteiger partial charge in [-0.15, -0.1) is 11.3 Å². The largest absolute Gasteiger partial charge is 0.370 e. The van der Waals surface area contributed by atoms with Crippen molar-refractivity contribution in [2.75, 3.05) is 11.9 Å². The van der Waals surface area contributed by atoms with E-state index >= 15 is 0 Å². The molecule has 108 valence electrons. The first-order valence-electron chi connectivity index (χ1n) is 6.85. The first-order valence-corrected chi connectivity index (χ1v) is 7.66. The van der Waals surface area contributed by atoms with Gasteiger partial charge in [-0.05, 0) is 35.2 Å². The molecule has 0 unspecified atom stereocenters. The zero-order valence-corrected chi connectivity index (χ0v) is 12.7. The van der Waals surface area contributed by atoms with Crippen LogP contribution in [0.5, 0.6) is 0 Å². The highest BCUT2D eigenvalue weighted by Crippen LogP contribution is 2.32. The second-order valence-corrected chi connectivity index (χ2v) is 6.18. The van der Waals surface area contributed by atoms with Gasteiger partial charge in [0.25, 0.3) is 0 Å². The molecule has 21 heavy (non-hydrogen) atoms. The molecule has 3 rings (SSSR count). The van der Waals surface area contributed by atoms with Gasteiger partial charge in [-0.3, -0.25) is 0 Å². The number of anilines is 1. The van der Waals surface area contributed by atoms with Crippen LogP contribution in [0.4, 0.5) is 10.1 Å². The summed E-state index contributed by atoms with van der Waals surface area (Å²) in [5, 5.41) is 1.24. The Morgan fingerprint density at radius 1 is 1.14 bits per heavy atom. The Balaban J connectivity index is 1.97. The number of halogens is 1. The van der Waals surface area contributed by atoms with Gasteiger partial charge < -0.3 is 10.6 Å². The molecule has 0 saturated heterocycles. The van der Waals surface area contributed by atoms with Gasteiger partial charge in [0.1, 0.15) is 5.82 Å².